The quantitative estimate of drug-likeness (QED) is 0.654. The van der Waals surface area contributed by atoms with Gasteiger partial charge in [0.25, 0.3) is 0 Å². The summed E-state index contributed by atoms with van der Waals surface area (Å²) in [7, 11) is 0. The Morgan fingerprint density at radius 1 is 1.13 bits per heavy atom. The molecule has 0 aliphatic rings. The summed E-state index contributed by atoms with van der Waals surface area (Å²) in [5.41, 5.74) is 2.10. The van der Waals surface area contributed by atoms with Gasteiger partial charge in [0.1, 0.15) is 18.1 Å². The summed E-state index contributed by atoms with van der Waals surface area (Å²) in [6.07, 6.45) is -4.40. The molecule has 2 aromatic carbocycles. The summed E-state index contributed by atoms with van der Waals surface area (Å²) in [5, 5.41) is 17.1. The summed E-state index contributed by atoms with van der Waals surface area (Å²) < 4.78 is 43.8. The molecule has 0 aliphatic heterocycles. The van der Waals surface area contributed by atoms with E-state index in [0.29, 0.717) is 28.4 Å². The Kier molecular flexibility index (Phi) is 5.78. The first-order chi connectivity index (χ1) is 14.1. The van der Waals surface area contributed by atoms with Gasteiger partial charge in [-0.25, -0.2) is 4.79 Å². The zero-order valence-corrected chi connectivity index (χ0v) is 16.0. The molecule has 3 aromatic rings. The number of alkyl halides is 3. The highest BCUT2D eigenvalue weighted by molar-refractivity contribution is 5.87. The van der Waals surface area contributed by atoms with E-state index in [9.17, 15) is 18.0 Å². The van der Waals surface area contributed by atoms with Gasteiger partial charge in [-0.1, -0.05) is 5.92 Å². The average Bonchev–Trinajstić information content (AvgIpc) is 3.05. The predicted octanol–water partition coefficient (Wildman–Crippen LogP) is 3.92. The highest BCUT2D eigenvalue weighted by Crippen LogP contribution is 2.29. The number of aliphatic carboxylic acids is 1. The van der Waals surface area contributed by atoms with Crippen LogP contribution in [0.25, 0.3) is 5.69 Å². The van der Waals surface area contributed by atoms with E-state index in [-0.39, 0.29) is 6.61 Å². The molecular weight excluding hydrogens is 399 g/mol. The van der Waals surface area contributed by atoms with Crippen molar-refractivity contribution < 1.29 is 27.8 Å². The van der Waals surface area contributed by atoms with Gasteiger partial charge in [-0.2, -0.15) is 23.1 Å². The lowest BCUT2D eigenvalue weighted by Crippen LogP contribution is -2.06. The number of rotatable bonds is 4. The molecule has 154 valence electrons. The van der Waals surface area contributed by atoms with Crippen LogP contribution in [0.4, 0.5) is 13.2 Å². The standard InChI is InChI=1S/C21H16F3N3O3/c1-13-11-18(9-3-15(13)4-10-20(28)29)30-12-19-14(2)25-27(26-19)17-7-5-16(6-8-17)21(22,23)24/h3,5-9,11H,12H2,1-2H3,(H,28,29). The van der Waals surface area contributed by atoms with Gasteiger partial charge in [0.15, 0.2) is 0 Å². The molecule has 9 heteroatoms. The van der Waals surface area contributed by atoms with Crippen LogP contribution in [0.1, 0.15) is 28.1 Å². The number of benzene rings is 2. The molecule has 0 fully saturated rings. The molecule has 0 amide bonds. The monoisotopic (exact) mass is 415 g/mol. The second kappa shape index (κ2) is 8.29. The molecule has 0 spiro atoms. The van der Waals surface area contributed by atoms with Crippen LogP contribution in [0, 0.1) is 25.7 Å². The van der Waals surface area contributed by atoms with E-state index in [1.54, 1.807) is 32.0 Å². The molecule has 0 aliphatic carbocycles. The number of aryl methyl sites for hydroxylation is 2. The molecule has 0 bridgehead atoms. The van der Waals surface area contributed by atoms with Crippen LogP contribution in [0.5, 0.6) is 5.75 Å². The van der Waals surface area contributed by atoms with Crippen molar-refractivity contribution in [3.63, 3.8) is 0 Å². The van der Waals surface area contributed by atoms with Crippen LogP contribution >= 0.6 is 0 Å². The summed E-state index contributed by atoms with van der Waals surface area (Å²) in [6, 6.07) is 9.59. The van der Waals surface area contributed by atoms with Crippen LogP contribution in [0.2, 0.25) is 0 Å². The average molecular weight is 415 g/mol. The van der Waals surface area contributed by atoms with Crippen molar-refractivity contribution in [2.75, 3.05) is 0 Å². The SMILES string of the molecule is Cc1cc(OCc2nn(-c3ccc(C(F)(F)F)cc3)nc2C)ccc1C#CC(=O)O. The first-order valence-electron chi connectivity index (χ1n) is 8.72. The van der Waals surface area contributed by atoms with E-state index >= 15 is 0 Å². The second-order valence-electron chi connectivity index (χ2n) is 6.39. The smallest absolute Gasteiger partial charge is 0.416 e. The van der Waals surface area contributed by atoms with Gasteiger partial charge in [-0.05, 0) is 61.9 Å². The van der Waals surface area contributed by atoms with Gasteiger partial charge >= 0.3 is 12.1 Å². The second-order valence-corrected chi connectivity index (χ2v) is 6.39. The lowest BCUT2D eigenvalue weighted by atomic mass is 10.1. The maximum Gasteiger partial charge on any atom is 0.416 e. The van der Waals surface area contributed by atoms with Gasteiger partial charge < -0.3 is 9.84 Å². The zero-order valence-electron chi connectivity index (χ0n) is 16.0. The predicted molar refractivity (Wildman–Crippen MR) is 101 cm³/mol. The lowest BCUT2D eigenvalue weighted by molar-refractivity contribution is -0.137. The maximum absolute atomic E-state index is 12.7. The van der Waals surface area contributed by atoms with Crippen molar-refractivity contribution >= 4 is 5.97 Å². The number of aromatic nitrogens is 3. The molecule has 0 radical (unpaired) electrons. The highest BCUT2D eigenvalue weighted by Gasteiger charge is 2.30. The topological polar surface area (TPSA) is 77.2 Å². The van der Waals surface area contributed by atoms with Gasteiger partial charge in [-0.15, -0.1) is 5.10 Å². The molecule has 0 saturated heterocycles. The zero-order chi connectivity index (χ0) is 21.9. The normalized spacial score (nSPS) is 11.0. The van der Waals surface area contributed by atoms with Gasteiger partial charge in [-0.3, -0.25) is 0 Å². The molecule has 3 rings (SSSR count). The molecule has 1 aromatic heterocycles. The van der Waals surface area contributed by atoms with E-state index in [0.717, 1.165) is 17.7 Å². The summed E-state index contributed by atoms with van der Waals surface area (Å²) in [6.45, 7) is 3.61. The molecule has 1 heterocycles. The fourth-order valence-corrected chi connectivity index (χ4v) is 2.58. The molecule has 30 heavy (non-hydrogen) atoms. The van der Waals surface area contributed by atoms with Crippen molar-refractivity contribution in [3.8, 4) is 23.3 Å². The number of carboxylic acid groups (broad SMARTS) is 1. The van der Waals surface area contributed by atoms with Crippen molar-refractivity contribution in [2.45, 2.75) is 26.6 Å². The number of halogens is 3. The van der Waals surface area contributed by atoms with E-state index in [1.165, 1.54) is 16.9 Å². The fraction of sp³-hybridized carbons (Fsp3) is 0.190. The molecule has 1 N–H and O–H groups in total. The van der Waals surface area contributed by atoms with Gasteiger partial charge in [0, 0.05) is 11.5 Å². The summed E-state index contributed by atoms with van der Waals surface area (Å²) in [4.78, 5) is 11.8. The Hall–Kier alpha value is -3.80. The van der Waals surface area contributed by atoms with Crippen LogP contribution in [0.15, 0.2) is 42.5 Å². The Morgan fingerprint density at radius 2 is 1.83 bits per heavy atom. The molecular formula is C21H16F3N3O3. The van der Waals surface area contributed by atoms with Crippen molar-refractivity contribution in [2.24, 2.45) is 0 Å². The number of nitrogens with zero attached hydrogens (tertiary/aromatic N) is 3. The first kappa shape index (κ1) is 20.9. The van der Waals surface area contributed by atoms with Crippen molar-refractivity contribution in [3.05, 3.63) is 70.5 Å². The minimum absolute atomic E-state index is 0.103. The number of ether oxygens (including phenoxy) is 1. The van der Waals surface area contributed by atoms with Gasteiger partial charge in [0.2, 0.25) is 0 Å². The van der Waals surface area contributed by atoms with Crippen LogP contribution in [-0.4, -0.2) is 26.1 Å². The molecule has 6 nitrogen and oxygen atoms in total. The number of carbonyl (C=O) groups is 1. The van der Waals surface area contributed by atoms with Crippen LogP contribution in [-0.2, 0) is 17.6 Å². The molecule has 0 saturated carbocycles. The lowest BCUT2D eigenvalue weighted by Gasteiger charge is -2.07. The Morgan fingerprint density at radius 3 is 2.43 bits per heavy atom. The number of hydrogen-bond acceptors (Lipinski definition) is 4. The summed E-state index contributed by atoms with van der Waals surface area (Å²) >= 11 is 0. The highest BCUT2D eigenvalue weighted by atomic mass is 19.4. The Balaban J connectivity index is 1.72. The van der Waals surface area contributed by atoms with E-state index in [4.69, 9.17) is 9.84 Å². The van der Waals surface area contributed by atoms with Gasteiger partial charge in [0.05, 0.1) is 16.9 Å². The van der Waals surface area contributed by atoms with E-state index in [1.807, 2.05) is 0 Å². The Labute approximate surface area is 169 Å². The fourth-order valence-electron chi connectivity index (χ4n) is 2.58. The molecule has 0 atom stereocenters. The van der Waals surface area contributed by atoms with E-state index in [2.05, 4.69) is 22.0 Å². The van der Waals surface area contributed by atoms with E-state index < -0.39 is 17.7 Å². The number of hydrogen-bond donors (Lipinski definition) is 1. The molecule has 0 unspecified atom stereocenters. The minimum atomic E-state index is -4.40. The Bertz CT molecular complexity index is 1140. The van der Waals surface area contributed by atoms with Crippen molar-refractivity contribution in [1.29, 1.82) is 0 Å². The third kappa shape index (κ3) is 4.97. The summed E-state index contributed by atoms with van der Waals surface area (Å²) in [5.74, 6) is 3.95. The van der Waals surface area contributed by atoms with Crippen LogP contribution in [0.3, 0.4) is 0 Å². The largest absolute Gasteiger partial charge is 0.487 e. The minimum Gasteiger partial charge on any atom is -0.487 e. The first-order valence-corrected chi connectivity index (χ1v) is 8.72. The van der Waals surface area contributed by atoms with Crippen LogP contribution < -0.4 is 4.74 Å². The third-order valence-corrected chi connectivity index (χ3v) is 4.18. The maximum atomic E-state index is 12.7. The number of carboxylic acids is 1. The third-order valence-electron chi connectivity index (χ3n) is 4.18. The van der Waals surface area contributed by atoms with Crippen molar-refractivity contribution in [1.82, 2.24) is 15.0 Å².